The Morgan fingerprint density at radius 2 is 1.03 bits per heavy atom. The summed E-state index contributed by atoms with van der Waals surface area (Å²) in [5, 5.41) is 32.7. The van der Waals surface area contributed by atoms with Crippen LogP contribution in [0.2, 0.25) is 0 Å². The number of aromatic amines is 1. The highest BCUT2D eigenvalue weighted by atomic mass is 32.2. The molecule has 672 valence electrons. The number of primary amides is 1. The van der Waals surface area contributed by atoms with Crippen LogP contribution in [0.3, 0.4) is 0 Å². The van der Waals surface area contributed by atoms with E-state index in [1.807, 2.05) is 30.5 Å². The highest BCUT2D eigenvalue weighted by molar-refractivity contribution is 7.98. The van der Waals surface area contributed by atoms with E-state index in [1.54, 1.807) is 92.5 Å². The summed E-state index contributed by atoms with van der Waals surface area (Å²) in [6.45, 7) is 6.78. The third-order valence-electron chi connectivity index (χ3n) is 21.7. The molecule has 4 aromatic rings. The van der Waals surface area contributed by atoms with E-state index in [-0.39, 0.29) is 108 Å². The molecule has 122 heavy (non-hydrogen) atoms. The summed E-state index contributed by atoms with van der Waals surface area (Å²) in [5.41, 5.74) is 34.6. The number of fused-ring (bicyclic) bond motifs is 1. The molecular weight excluding hydrogens is 1580 g/mol. The number of benzene rings is 3. The van der Waals surface area contributed by atoms with Crippen molar-refractivity contribution in [2.24, 2.45) is 44.7 Å². The van der Waals surface area contributed by atoms with Crippen LogP contribution in [0.15, 0.2) is 101 Å². The lowest BCUT2D eigenvalue weighted by atomic mass is 10.00. The van der Waals surface area contributed by atoms with Crippen LogP contribution in [0.5, 0.6) is 0 Å². The zero-order chi connectivity index (χ0) is 88.6. The van der Waals surface area contributed by atoms with Gasteiger partial charge in [-0.15, -0.1) is 0 Å². The van der Waals surface area contributed by atoms with Crippen molar-refractivity contribution in [1.29, 1.82) is 0 Å². The van der Waals surface area contributed by atoms with Crippen LogP contribution in [-0.2, 0) is 81.6 Å². The standard InChI is InChI=1S/C87H135N21O13S/c1-5-6-7-8-9-10-11-12-13-14-21-42-73(109)93-47-30-48-95-75(111)57-99-98-56-74(110)94-45-26-38-65(77(90)112)100-84(119)76(58(2)3)106-83(118)72-41-29-50-108(72)86(121)67(37-24-25-44-88)102-80(115)68(52-59-31-17-15-18-32-59)103-81(116)70(54-61-55-97-64-36-23-22-35-62(61)64)104-78(113)66(39-27-46-96-87(91)92)101-79(114)69(53-60-33-19-16-20-34-60)105-82(117)71-40-28-49-107(71)85(120)63(89)43-51-122-4/h15-20,22-23,31-36,55,57-58,63,65-72,76,97-98H,5-14,21,24-30,37-54,56,88-89H2,1-4H3,(H2,90,112)(H,93,109)(H,94,110)(H,95,111)(H,100,119)(H,101,114)(H,102,115)(H,103,116)(H,104,113)(H,105,117)(H,106,118)(H4,91,92,96)/b99-57+/t63-,65-,66-,67-,68-,69+,70+,71-,72-,76-/m0/s1. The number of hydrogen-bond acceptors (Lipinski definition) is 19. The average molecular weight is 1720 g/mol. The summed E-state index contributed by atoms with van der Waals surface area (Å²) < 4.78 is 0. The summed E-state index contributed by atoms with van der Waals surface area (Å²) in [4.78, 5) is 193. The van der Waals surface area contributed by atoms with Gasteiger partial charge in [0.05, 0.1) is 6.04 Å². The number of para-hydroxylation sites is 1. The van der Waals surface area contributed by atoms with E-state index in [0.29, 0.717) is 93.4 Å². The number of aliphatic imine (C=N–C) groups is 1. The Hall–Kier alpha value is -10.7. The molecule has 2 saturated heterocycles. The number of aromatic nitrogens is 1. The third kappa shape index (κ3) is 36.2. The van der Waals surface area contributed by atoms with Crippen molar-refractivity contribution in [3.8, 4) is 0 Å². The van der Waals surface area contributed by atoms with E-state index in [2.05, 4.69) is 80.6 Å². The number of likely N-dealkylation sites (tertiary alicyclic amines) is 2. The molecule has 35 heteroatoms. The molecule has 0 radical (unpaired) electrons. The number of nitrogens with two attached hydrogens (primary N) is 5. The van der Waals surface area contributed by atoms with Crippen molar-refractivity contribution in [3.63, 3.8) is 0 Å². The molecule has 2 aliphatic heterocycles. The number of nitrogens with zero attached hydrogens (tertiary/aromatic N) is 4. The van der Waals surface area contributed by atoms with Crippen LogP contribution in [0.25, 0.3) is 10.9 Å². The van der Waals surface area contributed by atoms with Gasteiger partial charge in [0.25, 0.3) is 5.91 Å². The van der Waals surface area contributed by atoms with Crippen molar-refractivity contribution >= 4 is 112 Å². The first-order valence-corrected chi connectivity index (χ1v) is 44.9. The Labute approximate surface area is 721 Å². The second-order valence-electron chi connectivity index (χ2n) is 31.8. The summed E-state index contributed by atoms with van der Waals surface area (Å²) in [5.74, 6) is -8.15. The van der Waals surface area contributed by atoms with Crippen molar-refractivity contribution in [3.05, 3.63) is 108 Å². The fraction of sp³-hybridized carbons (Fsp3) is 0.598. The van der Waals surface area contributed by atoms with Crippen molar-refractivity contribution in [2.45, 2.75) is 261 Å². The van der Waals surface area contributed by atoms with Gasteiger partial charge in [-0.05, 0) is 137 Å². The highest BCUT2D eigenvalue weighted by Crippen LogP contribution is 2.25. The van der Waals surface area contributed by atoms with Gasteiger partial charge in [0.1, 0.15) is 67.1 Å². The third-order valence-corrected chi connectivity index (χ3v) is 22.4. The first-order chi connectivity index (χ1) is 58.8. The summed E-state index contributed by atoms with van der Waals surface area (Å²) in [6.07, 6.45) is 21.5. The van der Waals surface area contributed by atoms with Crippen LogP contribution in [0.4, 0.5) is 0 Å². The number of hydrazone groups is 1. The number of unbranched alkanes of at least 4 members (excludes halogenated alkanes) is 11. The number of carbonyl (C=O) groups is 13. The van der Waals surface area contributed by atoms with Gasteiger partial charge in [0, 0.05) is 82.1 Å². The lowest BCUT2D eigenvalue weighted by Gasteiger charge is -2.32. The molecule has 22 N–H and O–H groups in total. The van der Waals surface area contributed by atoms with E-state index in [9.17, 15) is 43.2 Å². The minimum Gasteiger partial charge on any atom is -0.370 e. The molecule has 34 nitrogen and oxygen atoms in total. The number of nitrogens with one attached hydrogen (secondary N) is 12. The normalized spacial score (nSPS) is 15.8. The van der Waals surface area contributed by atoms with Gasteiger partial charge in [0.2, 0.25) is 70.9 Å². The molecule has 0 saturated carbocycles. The summed E-state index contributed by atoms with van der Waals surface area (Å²) in [7, 11) is 0. The van der Waals surface area contributed by atoms with Crippen molar-refractivity contribution in [2.75, 3.05) is 64.4 Å². The smallest absolute Gasteiger partial charge is 0.264 e. The Morgan fingerprint density at radius 1 is 0.525 bits per heavy atom. The van der Waals surface area contributed by atoms with Gasteiger partial charge in [-0.1, -0.05) is 164 Å². The maximum atomic E-state index is 15.5. The molecule has 0 unspecified atom stereocenters. The molecule has 0 spiro atoms. The molecule has 3 aromatic carbocycles. The molecule has 0 bridgehead atoms. The second-order valence-corrected chi connectivity index (χ2v) is 32.8. The zero-order valence-corrected chi connectivity index (χ0v) is 72.5. The first-order valence-electron chi connectivity index (χ1n) is 43.5. The van der Waals surface area contributed by atoms with E-state index in [1.165, 1.54) is 61.2 Å². The zero-order valence-electron chi connectivity index (χ0n) is 71.6. The average Bonchev–Trinajstić information content (AvgIpc) is 1.48. The van der Waals surface area contributed by atoms with Gasteiger partial charge < -0.3 is 102 Å². The maximum Gasteiger partial charge on any atom is 0.264 e. The van der Waals surface area contributed by atoms with Crippen LogP contribution in [0.1, 0.15) is 198 Å². The van der Waals surface area contributed by atoms with Crippen LogP contribution >= 0.6 is 11.8 Å². The monoisotopic (exact) mass is 1710 g/mol. The molecule has 6 rings (SSSR count). The molecule has 13 amide bonds. The van der Waals surface area contributed by atoms with Crippen LogP contribution < -0.4 is 87.3 Å². The predicted molar refractivity (Wildman–Crippen MR) is 474 cm³/mol. The minimum atomic E-state index is -1.47. The van der Waals surface area contributed by atoms with E-state index in [4.69, 9.17) is 28.7 Å². The fourth-order valence-corrected chi connectivity index (χ4v) is 15.4. The molecule has 10 atom stereocenters. The second kappa shape index (κ2) is 56.1. The van der Waals surface area contributed by atoms with E-state index < -0.39 is 131 Å². The number of amides is 13. The van der Waals surface area contributed by atoms with Crippen LogP contribution in [-0.4, -0.2) is 229 Å². The van der Waals surface area contributed by atoms with Crippen molar-refractivity contribution < 1.29 is 62.3 Å². The minimum absolute atomic E-state index is 0.00376. The number of rotatable bonds is 59. The quantitative estimate of drug-likeness (QED) is 0.0131. The van der Waals surface area contributed by atoms with E-state index >= 15 is 19.2 Å². The molecule has 2 aliphatic rings. The molecule has 1 aromatic heterocycles. The van der Waals surface area contributed by atoms with Crippen LogP contribution in [0, 0.1) is 5.92 Å². The SMILES string of the molecule is CCCCCCCCCCCCCC(=O)NCCCNC(=O)/C=N/NCC(=O)NCCC[C@H](NC(=O)[C@@H](NC(=O)[C@@H]1CCCN1C(=O)[C@H](CCCCN)NC(=O)[C@H](Cc1ccccc1)NC(=O)[C@@H](Cc1c[nH]c2ccccc12)NC(=O)[C@H](CCCN=C(N)N)NC(=O)[C@@H](Cc1ccccc1)NC(=O)[C@@H]1CCCN1C(=O)[C@@H](N)CCSC)C(C)C)C(N)=O. The maximum absolute atomic E-state index is 15.5. The molecule has 0 aliphatic carbocycles. The molecule has 2 fully saturated rings. The van der Waals surface area contributed by atoms with Gasteiger partial charge in [-0.2, -0.15) is 16.9 Å². The number of carbonyl (C=O) groups excluding carboxylic acids is 13. The number of H-pyrrole nitrogens is 1. The predicted octanol–water partition coefficient (Wildman–Crippen LogP) is 2.77. The summed E-state index contributed by atoms with van der Waals surface area (Å²) in [6, 6.07) is 12.8. The molecule has 3 heterocycles. The number of hydrogen-bond donors (Lipinski definition) is 17. The lowest BCUT2D eigenvalue weighted by molar-refractivity contribution is -0.143. The number of thioether (sulfide) groups is 1. The molecular formula is C87H135N21O13S. The van der Waals surface area contributed by atoms with Gasteiger partial charge in [-0.3, -0.25) is 67.3 Å². The lowest BCUT2D eigenvalue weighted by Crippen LogP contribution is -2.61. The summed E-state index contributed by atoms with van der Waals surface area (Å²) >= 11 is 1.54. The van der Waals surface area contributed by atoms with E-state index in [0.717, 1.165) is 36.4 Å². The first kappa shape index (κ1) is 100. The number of guanidine groups is 1. The van der Waals surface area contributed by atoms with Gasteiger partial charge in [0.15, 0.2) is 5.96 Å². The Morgan fingerprint density at radius 3 is 1.63 bits per heavy atom. The Balaban J connectivity index is 1.09. The topological polar surface area (TPSA) is 531 Å². The Bertz CT molecular complexity index is 4020. The Kier molecular flexibility index (Phi) is 46.0. The fourth-order valence-electron chi connectivity index (χ4n) is 14.9. The van der Waals surface area contributed by atoms with Gasteiger partial charge in [-0.25, -0.2) is 0 Å². The van der Waals surface area contributed by atoms with Crippen molar-refractivity contribution in [1.82, 2.24) is 73.4 Å². The largest absolute Gasteiger partial charge is 0.370 e. The van der Waals surface area contributed by atoms with Gasteiger partial charge >= 0.3 is 0 Å². The highest BCUT2D eigenvalue weighted by Gasteiger charge is 2.42.